The van der Waals surface area contributed by atoms with Crippen LogP contribution in [0.3, 0.4) is 0 Å². The van der Waals surface area contributed by atoms with Crippen molar-refractivity contribution in [3.63, 3.8) is 0 Å². The maximum atomic E-state index is 13.7. The molecule has 0 aliphatic heterocycles. The van der Waals surface area contributed by atoms with Gasteiger partial charge in [0.1, 0.15) is 5.00 Å². The largest absolute Gasteiger partial charge is 0.465 e. The number of esters is 1. The molecule has 1 amide bonds. The lowest BCUT2D eigenvalue weighted by molar-refractivity contribution is 0.0600. The number of thiophene rings is 1. The number of aromatic nitrogens is 1. The fourth-order valence-corrected chi connectivity index (χ4v) is 6.48. The molecule has 2 aromatic carbocycles. The first-order chi connectivity index (χ1) is 18.4. The van der Waals surface area contributed by atoms with Gasteiger partial charge in [-0.15, -0.1) is 11.3 Å². The van der Waals surface area contributed by atoms with Crippen LogP contribution < -0.4 is 5.32 Å². The first-order valence-electron chi connectivity index (χ1n) is 12.8. The van der Waals surface area contributed by atoms with Crippen molar-refractivity contribution in [1.29, 1.82) is 0 Å². The second-order valence-electron chi connectivity index (χ2n) is 9.67. The number of amides is 1. The molecule has 7 heteroatoms. The molecule has 0 saturated carbocycles. The van der Waals surface area contributed by atoms with E-state index in [4.69, 9.17) is 4.74 Å². The van der Waals surface area contributed by atoms with Gasteiger partial charge in [0.05, 0.1) is 23.9 Å². The predicted octanol–water partition coefficient (Wildman–Crippen LogP) is 7.13. The Labute approximate surface area is 227 Å². The van der Waals surface area contributed by atoms with Crippen molar-refractivity contribution in [3.8, 4) is 5.00 Å². The highest BCUT2D eigenvalue weighted by atomic mass is 32.1. The number of ether oxygens (including phenoxy) is 1. The van der Waals surface area contributed by atoms with E-state index < -0.39 is 5.97 Å². The lowest BCUT2D eigenvalue weighted by atomic mass is 9.95. The van der Waals surface area contributed by atoms with Crippen LogP contribution in [0.5, 0.6) is 0 Å². The summed E-state index contributed by atoms with van der Waals surface area (Å²) in [5.41, 5.74) is 8.05. The molecule has 4 aromatic rings. The van der Waals surface area contributed by atoms with E-state index in [1.807, 2.05) is 43.5 Å². The summed E-state index contributed by atoms with van der Waals surface area (Å²) in [6.07, 6.45) is 5.99. The fourth-order valence-electron chi connectivity index (χ4n) is 4.98. The number of benzene rings is 2. The van der Waals surface area contributed by atoms with Gasteiger partial charge < -0.3 is 14.6 Å². The van der Waals surface area contributed by atoms with Crippen LogP contribution in [0.15, 0.2) is 59.6 Å². The fraction of sp³-hybridized carbons (Fsp3) is 0.258. The number of aliphatic imine (C=N–C) groups is 1. The van der Waals surface area contributed by atoms with E-state index in [1.165, 1.54) is 17.6 Å². The predicted molar refractivity (Wildman–Crippen MR) is 154 cm³/mol. The van der Waals surface area contributed by atoms with Crippen LogP contribution in [0, 0.1) is 20.8 Å². The van der Waals surface area contributed by atoms with Gasteiger partial charge in [-0.25, -0.2) is 4.79 Å². The molecule has 6 nitrogen and oxygen atoms in total. The number of anilines is 1. The average Bonchev–Trinajstić information content (AvgIpc) is 3.44. The molecule has 1 N–H and O–H groups in total. The topological polar surface area (TPSA) is 72.7 Å². The molecule has 0 saturated heterocycles. The molecule has 0 bridgehead atoms. The van der Waals surface area contributed by atoms with E-state index >= 15 is 0 Å². The number of aryl methyl sites for hydroxylation is 3. The van der Waals surface area contributed by atoms with Crippen LogP contribution in [-0.2, 0) is 17.6 Å². The number of carbonyl (C=O) groups is 2. The summed E-state index contributed by atoms with van der Waals surface area (Å²) in [6, 6.07) is 17.0. The molecule has 194 valence electrons. The highest BCUT2D eigenvalue weighted by Gasteiger charge is 2.28. The Hall–Kier alpha value is -3.97. The number of nitrogens with one attached hydrogen (secondary N) is 1. The van der Waals surface area contributed by atoms with Gasteiger partial charge in [0.15, 0.2) is 0 Å². The summed E-state index contributed by atoms with van der Waals surface area (Å²) < 4.78 is 7.00. The Bertz CT molecular complexity index is 1540. The van der Waals surface area contributed by atoms with E-state index in [-0.39, 0.29) is 5.91 Å². The van der Waals surface area contributed by atoms with Gasteiger partial charge in [-0.1, -0.05) is 23.8 Å². The van der Waals surface area contributed by atoms with Gasteiger partial charge in [-0.3, -0.25) is 9.79 Å². The molecule has 2 heterocycles. The third kappa shape index (κ3) is 5.07. The van der Waals surface area contributed by atoms with Crippen molar-refractivity contribution in [2.24, 2.45) is 4.99 Å². The summed E-state index contributed by atoms with van der Waals surface area (Å²) in [5.74, 6) is -0.455. The molecular formula is C31H31N3O3S. The number of carbonyl (C=O) groups excluding carboxylic acids is 2. The van der Waals surface area contributed by atoms with Gasteiger partial charge in [0, 0.05) is 33.7 Å². The zero-order valence-corrected chi connectivity index (χ0v) is 22.9. The molecule has 1 aliphatic carbocycles. The summed E-state index contributed by atoms with van der Waals surface area (Å²) in [6.45, 7) is 6.15. The van der Waals surface area contributed by atoms with Gasteiger partial charge in [0.25, 0.3) is 5.91 Å². The summed E-state index contributed by atoms with van der Waals surface area (Å²) >= 11 is 1.73. The Kier molecular flexibility index (Phi) is 7.29. The lowest BCUT2D eigenvalue weighted by Gasteiger charge is -2.14. The quantitative estimate of drug-likeness (QED) is 0.215. The van der Waals surface area contributed by atoms with Gasteiger partial charge in [0.2, 0.25) is 0 Å². The number of rotatable bonds is 6. The standard InChI is InChI=1S/C31H31N3O3S/c1-19-12-14-24(15-13-19)33-29(35)28-26-10-5-6-11-27(26)38-30(28)34-20(2)16-23(21(34)3)18-32-25-9-7-8-22(17-25)31(36)37-4/h7-9,12-18H,5-6,10-11H2,1-4H3,(H,33,35). The minimum absolute atomic E-state index is 0.0643. The maximum Gasteiger partial charge on any atom is 0.337 e. The average molecular weight is 526 g/mol. The van der Waals surface area contributed by atoms with Crippen LogP contribution in [0.4, 0.5) is 11.4 Å². The molecule has 0 radical (unpaired) electrons. The van der Waals surface area contributed by atoms with Crippen LogP contribution in [0.25, 0.3) is 5.00 Å². The summed E-state index contributed by atoms with van der Waals surface area (Å²) in [7, 11) is 1.37. The normalized spacial score (nSPS) is 12.9. The molecule has 38 heavy (non-hydrogen) atoms. The molecule has 5 rings (SSSR count). The zero-order chi connectivity index (χ0) is 26.8. The van der Waals surface area contributed by atoms with Crippen LogP contribution in [-0.4, -0.2) is 29.8 Å². The number of methoxy groups -OCH3 is 1. The maximum absolute atomic E-state index is 13.7. The van der Waals surface area contributed by atoms with Crippen molar-refractivity contribution in [1.82, 2.24) is 4.57 Å². The van der Waals surface area contributed by atoms with E-state index in [1.54, 1.807) is 29.5 Å². The third-order valence-electron chi connectivity index (χ3n) is 6.98. The highest BCUT2D eigenvalue weighted by molar-refractivity contribution is 7.15. The van der Waals surface area contributed by atoms with Crippen LogP contribution >= 0.6 is 11.3 Å². The van der Waals surface area contributed by atoms with E-state index in [2.05, 4.69) is 34.8 Å². The number of nitrogens with zero attached hydrogens (tertiary/aromatic N) is 2. The SMILES string of the molecule is COC(=O)c1cccc(N=Cc2cc(C)n(-c3sc4c(c3C(=O)Nc3ccc(C)cc3)CCCC4)c2C)c1. The van der Waals surface area contributed by atoms with Crippen molar-refractivity contribution in [3.05, 3.63) is 98.7 Å². The summed E-state index contributed by atoms with van der Waals surface area (Å²) in [5, 5.41) is 4.10. The lowest BCUT2D eigenvalue weighted by Crippen LogP contribution is -2.17. The second kappa shape index (κ2) is 10.8. The van der Waals surface area contributed by atoms with Gasteiger partial charge in [-0.05, 0) is 88.4 Å². The Morgan fingerprint density at radius 3 is 2.55 bits per heavy atom. The Balaban J connectivity index is 1.52. The number of fused-ring (bicyclic) bond motifs is 1. The molecule has 1 aliphatic rings. The van der Waals surface area contributed by atoms with Crippen molar-refractivity contribution in [2.75, 3.05) is 12.4 Å². The smallest absolute Gasteiger partial charge is 0.337 e. The van der Waals surface area contributed by atoms with Crippen molar-refractivity contribution >= 4 is 40.8 Å². The van der Waals surface area contributed by atoms with E-state index in [0.29, 0.717) is 11.3 Å². The number of hydrogen-bond acceptors (Lipinski definition) is 5. The van der Waals surface area contributed by atoms with E-state index in [9.17, 15) is 9.59 Å². The Morgan fingerprint density at radius 2 is 1.79 bits per heavy atom. The minimum Gasteiger partial charge on any atom is -0.465 e. The van der Waals surface area contributed by atoms with E-state index in [0.717, 1.165) is 64.4 Å². The second-order valence-corrected chi connectivity index (χ2v) is 10.8. The third-order valence-corrected chi connectivity index (χ3v) is 8.26. The van der Waals surface area contributed by atoms with Gasteiger partial charge in [-0.2, -0.15) is 0 Å². The molecule has 0 atom stereocenters. The molecular weight excluding hydrogens is 494 g/mol. The van der Waals surface area contributed by atoms with Crippen LogP contribution in [0.1, 0.15) is 66.5 Å². The zero-order valence-electron chi connectivity index (χ0n) is 22.1. The number of hydrogen-bond donors (Lipinski definition) is 1. The molecule has 0 spiro atoms. The van der Waals surface area contributed by atoms with Crippen LogP contribution in [0.2, 0.25) is 0 Å². The monoisotopic (exact) mass is 525 g/mol. The molecule has 2 aromatic heterocycles. The van der Waals surface area contributed by atoms with Crippen molar-refractivity contribution in [2.45, 2.75) is 46.5 Å². The van der Waals surface area contributed by atoms with Gasteiger partial charge >= 0.3 is 5.97 Å². The molecule has 0 unspecified atom stereocenters. The first kappa shape index (κ1) is 25.7. The molecule has 0 fully saturated rings. The first-order valence-corrected chi connectivity index (χ1v) is 13.6. The highest BCUT2D eigenvalue weighted by Crippen LogP contribution is 2.39. The Morgan fingerprint density at radius 1 is 1.03 bits per heavy atom. The summed E-state index contributed by atoms with van der Waals surface area (Å²) in [4.78, 5) is 31.5. The van der Waals surface area contributed by atoms with Crippen molar-refractivity contribution < 1.29 is 14.3 Å². The minimum atomic E-state index is -0.390.